The molecule has 3 aromatic rings. The van der Waals surface area contributed by atoms with Crippen LogP contribution in [-0.4, -0.2) is 17.0 Å². The van der Waals surface area contributed by atoms with Crippen molar-refractivity contribution in [3.63, 3.8) is 0 Å². The van der Waals surface area contributed by atoms with Crippen molar-refractivity contribution in [3.8, 4) is 22.8 Å². The highest BCUT2D eigenvalue weighted by Gasteiger charge is 2.14. The summed E-state index contributed by atoms with van der Waals surface area (Å²) in [7, 11) is 0. The number of nitrogens with zero attached hydrogens (tertiary/aromatic N) is 2. The van der Waals surface area contributed by atoms with Crippen LogP contribution in [0.3, 0.4) is 0 Å². The fourth-order valence-corrected chi connectivity index (χ4v) is 3.24. The van der Waals surface area contributed by atoms with E-state index < -0.39 is 0 Å². The van der Waals surface area contributed by atoms with Gasteiger partial charge in [-0.3, -0.25) is 0 Å². The number of aromatic nitrogens is 2. The van der Waals surface area contributed by atoms with Gasteiger partial charge in [-0.1, -0.05) is 35.5 Å². The van der Waals surface area contributed by atoms with E-state index in [-0.39, 0.29) is 6.79 Å². The average molecular weight is 357 g/mol. The second-order valence-electron chi connectivity index (χ2n) is 5.24. The molecular formula is C18H13ClN2O2S. The topological polar surface area (TPSA) is 44.2 Å². The van der Waals surface area contributed by atoms with Gasteiger partial charge in [0, 0.05) is 16.3 Å². The van der Waals surface area contributed by atoms with Crippen molar-refractivity contribution in [1.29, 1.82) is 0 Å². The van der Waals surface area contributed by atoms with Crippen molar-refractivity contribution < 1.29 is 9.47 Å². The van der Waals surface area contributed by atoms with E-state index in [1.807, 2.05) is 54.6 Å². The van der Waals surface area contributed by atoms with Crippen LogP contribution in [0.15, 0.2) is 59.6 Å². The molecule has 0 bridgehead atoms. The lowest BCUT2D eigenvalue weighted by Gasteiger charge is -2.04. The highest BCUT2D eigenvalue weighted by Crippen LogP contribution is 2.35. The Kier molecular flexibility index (Phi) is 4.28. The third-order valence-electron chi connectivity index (χ3n) is 3.61. The van der Waals surface area contributed by atoms with Crippen LogP contribution in [0.5, 0.6) is 11.5 Å². The van der Waals surface area contributed by atoms with Crippen LogP contribution in [0, 0.1) is 0 Å². The minimum atomic E-state index is 0.269. The molecule has 0 atom stereocenters. The van der Waals surface area contributed by atoms with Gasteiger partial charge in [-0.2, -0.15) is 0 Å². The van der Waals surface area contributed by atoms with E-state index >= 15 is 0 Å². The van der Waals surface area contributed by atoms with Gasteiger partial charge >= 0.3 is 0 Å². The Balaban J connectivity index is 1.45. The first-order valence-electron chi connectivity index (χ1n) is 7.39. The zero-order valence-corrected chi connectivity index (χ0v) is 14.2. The SMILES string of the molecule is Clc1ccc(CSc2ccc(-c3ccc4c(c3)OCO4)nn2)cc1. The lowest BCUT2D eigenvalue weighted by atomic mass is 10.1. The largest absolute Gasteiger partial charge is 0.454 e. The Bertz CT molecular complexity index is 854. The van der Waals surface area contributed by atoms with E-state index in [0.29, 0.717) is 0 Å². The summed E-state index contributed by atoms with van der Waals surface area (Å²) >= 11 is 7.54. The first-order chi connectivity index (χ1) is 11.8. The molecule has 4 nitrogen and oxygen atoms in total. The number of hydrogen-bond acceptors (Lipinski definition) is 5. The predicted molar refractivity (Wildman–Crippen MR) is 94.6 cm³/mol. The molecule has 24 heavy (non-hydrogen) atoms. The molecule has 0 N–H and O–H groups in total. The summed E-state index contributed by atoms with van der Waals surface area (Å²) in [5.74, 6) is 2.34. The second kappa shape index (κ2) is 6.71. The molecule has 0 unspecified atom stereocenters. The summed E-state index contributed by atoms with van der Waals surface area (Å²) in [5.41, 5.74) is 2.97. The highest BCUT2D eigenvalue weighted by atomic mass is 35.5. The van der Waals surface area contributed by atoms with Crippen LogP contribution in [-0.2, 0) is 5.75 Å². The fourth-order valence-electron chi connectivity index (χ4n) is 2.34. The van der Waals surface area contributed by atoms with E-state index in [9.17, 15) is 0 Å². The summed E-state index contributed by atoms with van der Waals surface area (Å²) in [5, 5.41) is 10.2. The molecule has 0 spiro atoms. The van der Waals surface area contributed by atoms with Crippen LogP contribution in [0.1, 0.15) is 5.56 Å². The lowest BCUT2D eigenvalue weighted by Crippen LogP contribution is -1.93. The van der Waals surface area contributed by atoms with Gasteiger partial charge in [0.15, 0.2) is 11.5 Å². The molecule has 2 aromatic carbocycles. The zero-order chi connectivity index (χ0) is 16.4. The summed E-state index contributed by atoms with van der Waals surface area (Å²) in [6.07, 6.45) is 0. The van der Waals surface area contributed by atoms with Gasteiger partial charge in [0.2, 0.25) is 6.79 Å². The predicted octanol–water partition coefficient (Wildman–Crippen LogP) is 4.82. The van der Waals surface area contributed by atoms with Gasteiger partial charge < -0.3 is 9.47 Å². The molecule has 0 aliphatic carbocycles. The number of fused-ring (bicyclic) bond motifs is 1. The monoisotopic (exact) mass is 356 g/mol. The maximum Gasteiger partial charge on any atom is 0.231 e. The molecule has 0 saturated carbocycles. The van der Waals surface area contributed by atoms with Gasteiger partial charge in [0.25, 0.3) is 0 Å². The van der Waals surface area contributed by atoms with Crippen LogP contribution < -0.4 is 9.47 Å². The quantitative estimate of drug-likeness (QED) is 0.627. The van der Waals surface area contributed by atoms with E-state index in [0.717, 1.165) is 38.6 Å². The van der Waals surface area contributed by atoms with Crippen LogP contribution in [0.25, 0.3) is 11.3 Å². The molecule has 0 fully saturated rings. The van der Waals surface area contributed by atoms with Crippen LogP contribution in [0.2, 0.25) is 5.02 Å². The molecule has 0 saturated heterocycles. The van der Waals surface area contributed by atoms with Crippen molar-refractivity contribution in [2.75, 3.05) is 6.79 Å². The highest BCUT2D eigenvalue weighted by molar-refractivity contribution is 7.98. The lowest BCUT2D eigenvalue weighted by molar-refractivity contribution is 0.174. The number of halogens is 1. The van der Waals surface area contributed by atoms with Crippen LogP contribution >= 0.6 is 23.4 Å². The molecule has 1 aliphatic heterocycles. The molecule has 1 aromatic heterocycles. The van der Waals surface area contributed by atoms with Gasteiger partial charge in [0.1, 0.15) is 5.03 Å². The third-order valence-corrected chi connectivity index (χ3v) is 4.85. The third kappa shape index (κ3) is 3.32. The maximum atomic E-state index is 5.89. The summed E-state index contributed by atoms with van der Waals surface area (Å²) in [4.78, 5) is 0. The van der Waals surface area contributed by atoms with Gasteiger partial charge in [-0.05, 0) is 48.0 Å². The fraction of sp³-hybridized carbons (Fsp3) is 0.111. The van der Waals surface area contributed by atoms with Crippen molar-refractivity contribution >= 4 is 23.4 Å². The van der Waals surface area contributed by atoms with Gasteiger partial charge in [0.05, 0.1) is 5.69 Å². The van der Waals surface area contributed by atoms with E-state index in [1.165, 1.54) is 5.56 Å². The van der Waals surface area contributed by atoms with Crippen molar-refractivity contribution in [1.82, 2.24) is 10.2 Å². The standard InChI is InChI=1S/C18H13ClN2O2S/c19-14-4-1-12(2-5-14)10-24-18-8-6-15(20-21-18)13-3-7-16-17(9-13)23-11-22-16/h1-9H,10-11H2. The zero-order valence-electron chi connectivity index (χ0n) is 12.6. The van der Waals surface area contributed by atoms with Crippen molar-refractivity contribution in [2.45, 2.75) is 10.8 Å². The smallest absolute Gasteiger partial charge is 0.231 e. The van der Waals surface area contributed by atoms with E-state index in [2.05, 4.69) is 10.2 Å². The molecule has 2 heterocycles. The Morgan fingerprint density at radius 1 is 0.917 bits per heavy atom. The minimum absolute atomic E-state index is 0.269. The summed E-state index contributed by atoms with van der Waals surface area (Å²) in [6.45, 7) is 0.269. The number of hydrogen-bond donors (Lipinski definition) is 0. The molecule has 6 heteroatoms. The number of thioether (sulfide) groups is 1. The van der Waals surface area contributed by atoms with Gasteiger partial charge in [-0.25, -0.2) is 0 Å². The molecule has 1 aliphatic rings. The first kappa shape index (κ1) is 15.3. The van der Waals surface area contributed by atoms with Crippen molar-refractivity contribution in [2.24, 2.45) is 0 Å². The Hall–Kier alpha value is -2.24. The normalized spacial score (nSPS) is 12.4. The van der Waals surface area contributed by atoms with Crippen LogP contribution in [0.4, 0.5) is 0 Å². The van der Waals surface area contributed by atoms with E-state index in [1.54, 1.807) is 11.8 Å². The Morgan fingerprint density at radius 3 is 2.54 bits per heavy atom. The number of benzene rings is 2. The van der Waals surface area contributed by atoms with E-state index in [4.69, 9.17) is 21.1 Å². The summed E-state index contributed by atoms with van der Waals surface area (Å²) in [6, 6.07) is 17.5. The Morgan fingerprint density at radius 2 is 1.75 bits per heavy atom. The molecule has 4 rings (SSSR count). The molecular weight excluding hydrogens is 344 g/mol. The summed E-state index contributed by atoms with van der Waals surface area (Å²) < 4.78 is 10.7. The van der Waals surface area contributed by atoms with Gasteiger partial charge in [-0.15, -0.1) is 10.2 Å². The number of ether oxygens (including phenoxy) is 2. The number of rotatable bonds is 4. The molecule has 0 amide bonds. The van der Waals surface area contributed by atoms with Crippen molar-refractivity contribution in [3.05, 3.63) is 65.2 Å². The average Bonchev–Trinajstić information content (AvgIpc) is 3.09. The second-order valence-corrected chi connectivity index (χ2v) is 6.67. The first-order valence-corrected chi connectivity index (χ1v) is 8.75. The molecule has 120 valence electrons. The maximum absolute atomic E-state index is 5.89. The Labute approximate surface area is 148 Å². The minimum Gasteiger partial charge on any atom is -0.454 e. The molecule has 0 radical (unpaired) electrons.